The zero-order chi connectivity index (χ0) is 20.2. The Kier molecular flexibility index (Phi) is 9.47. The van der Waals surface area contributed by atoms with Crippen LogP contribution >= 0.6 is 0 Å². The molecular formula is C24H30N2O. The standard InChI is InChI=1S/C24H30N2O/c1-7-8-9-10-11-12-13-15-22-16-14-17-23(18-22)25-24(27)20(3)19(2)21(4)26(5)6/h7-12,14,16-20H,4H2,1-3,5-6H3,(H,25,27)/b8-7-,10-9-,12-11+. The van der Waals surface area contributed by atoms with Crippen molar-refractivity contribution in [1.29, 1.82) is 0 Å². The van der Waals surface area contributed by atoms with E-state index < -0.39 is 0 Å². The van der Waals surface area contributed by atoms with Crippen LogP contribution in [0.5, 0.6) is 0 Å². The van der Waals surface area contributed by atoms with Crippen molar-refractivity contribution in [2.45, 2.75) is 20.8 Å². The number of anilines is 1. The summed E-state index contributed by atoms with van der Waals surface area (Å²) >= 11 is 0. The van der Waals surface area contributed by atoms with Gasteiger partial charge in [0.15, 0.2) is 0 Å². The number of carbonyl (C=O) groups is 1. The summed E-state index contributed by atoms with van der Waals surface area (Å²) in [6.07, 6.45) is 11.5. The van der Waals surface area contributed by atoms with E-state index in [-0.39, 0.29) is 17.7 Å². The minimum atomic E-state index is -0.179. The number of hydrogen-bond donors (Lipinski definition) is 1. The van der Waals surface area contributed by atoms with E-state index in [1.807, 2.05) is 94.4 Å². The average molecular weight is 363 g/mol. The Hall–Kier alpha value is -2.99. The Balaban J connectivity index is 2.74. The predicted octanol–water partition coefficient (Wildman–Crippen LogP) is 5.01. The molecular weight excluding hydrogens is 332 g/mol. The first kappa shape index (κ1) is 22.1. The van der Waals surface area contributed by atoms with Crippen molar-refractivity contribution in [3.8, 4) is 11.8 Å². The van der Waals surface area contributed by atoms with Crippen LogP contribution in [0.4, 0.5) is 5.69 Å². The summed E-state index contributed by atoms with van der Waals surface area (Å²) in [6.45, 7) is 9.97. The average Bonchev–Trinajstić information content (AvgIpc) is 2.65. The Morgan fingerprint density at radius 1 is 1.15 bits per heavy atom. The number of nitrogens with zero attached hydrogens (tertiary/aromatic N) is 1. The van der Waals surface area contributed by atoms with Gasteiger partial charge in [0.25, 0.3) is 0 Å². The summed E-state index contributed by atoms with van der Waals surface area (Å²) < 4.78 is 0. The highest BCUT2D eigenvalue weighted by Crippen LogP contribution is 2.22. The SMILES string of the molecule is C=C(C(C)C(C)C(=O)Nc1cccc(C#C/C=C/C=C\C=C/C)c1)N(C)C. The lowest BCUT2D eigenvalue weighted by Gasteiger charge is -2.26. The lowest BCUT2D eigenvalue weighted by molar-refractivity contribution is -0.120. The van der Waals surface area contributed by atoms with Gasteiger partial charge in [0.05, 0.1) is 0 Å². The summed E-state index contributed by atoms with van der Waals surface area (Å²) in [7, 11) is 3.88. The minimum Gasteiger partial charge on any atom is -0.381 e. The van der Waals surface area contributed by atoms with E-state index >= 15 is 0 Å². The second-order valence-electron chi connectivity index (χ2n) is 6.57. The Morgan fingerprint density at radius 2 is 1.85 bits per heavy atom. The molecule has 1 aromatic rings. The minimum absolute atomic E-state index is 0.0235. The zero-order valence-corrected chi connectivity index (χ0v) is 17.0. The molecule has 142 valence electrons. The number of carbonyl (C=O) groups excluding carboxylic acids is 1. The monoisotopic (exact) mass is 362 g/mol. The smallest absolute Gasteiger partial charge is 0.227 e. The number of benzene rings is 1. The molecule has 0 radical (unpaired) electrons. The van der Waals surface area contributed by atoms with E-state index in [0.29, 0.717) is 0 Å². The van der Waals surface area contributed by atoms with Crippen LogP contribution in [0.1, 0.15) is 26.3 Å². The first-order chi connectivity index (χ1) is 12.9. The maximum absolute atomic E-state index is 12.5. The molecule has 3 heteroatoms. The molecule has 0 bridgehead atoms. The van der Waals surface area contributed by atoms with Gasteiger partial charge in [0.1, 0.15) is 0 Å². The number of amides is 1. The molecule has 0 spiro atoms. The summed E-state index contributed by atoms with van der Waals surface area (Å²) in [5, 5.41) is 2.98. The summed E-state index contributed by atoms with van der Waals surface area (Å²) in [5.41, 5.74) is 2.54. The van der Waals surface area contributed by atoms with E-state index in [9.17, 15) is 4.79 Å². The predicted molar refractivity (Wildman–Crippen MR) is 116 cm³/mol. The van der Waals surface area contributed by atoms with E-state index in [1.165, 1.54) is 0 Å². The van der Waals surface area contributed by atoms with Crippen molar-refractivity contribution in [1.82, 2.24) is 4.90 Å². The van der Waals surface area contributed by atoms with E-state index in [0.717, 1.165) is 16.9 Å². The third-order valence-corrected chi connectivity index (χ3v) is 4.32. The Morgan fingerprint density at radius 3 is 2.52 bits per heavy atom. The van der Waals surface area contributed by atoms with Gasteiger partial charge in [-0.25, -0.2) is 0 Å². The molecule has 2 atom stereocenters. The molecule has 1 rings (SSSR count). The molecule has 1 amide bonds. The second kappa shape index (κ2) is 11.6. The van der Waals surface area contributed by atoms with Crippen molar-refractivity contribution < 1.29 is 4.79 Å². The molecule has 0 aliphatic carbocycles. The Bertz CT molecular complexity index is 788. The van der Waals surface area contributed by atoms with Crippen LogP contribution in [-0.2, 0) is 4.79 Å². The fraction of sp³-hybridized carbons (Fsp3) is 0.292. The molecule has 1 aromatic carbocycles. The van der Waals surface area contributed by atoms with Crippen LogP contribution in [0.2, 0.25) is 0 Å². The van der Waals surface area contributed by atoms with Gasteiger partial charge in [0.2, 0.25) is 5.91 Å². The van der Waals surface area contributed by atoms with Gasteiger partial charge in [-0.3, -0.25) is 4.79 Å². The lowest BCUT2D eigenvalue weighted by atomic mass is 9.92. The first-order valence-corrected chi connectivity index (χ1v) is 9.10. The number of hydrogen-bond acceptors (Lipinski definition) is 2. The molecule has 0 fully saturated rings. The maximum Gasteiger partial charge on any atom is 0.227 e. The van der Waals surface area contributed by atoms with E-state index in [4.69, 9.17) is 0 Å². The van der Waals surface area contributed by atoms with Crippen LogP contribution in [-0.4, -0.2) is 24.9 Å². The van der Waals surface area contributed by atoms with Crippen LogP contribution in [0.25, 0.3) is 0 Å². The van der Waals surface area contributed by atoms with Gasteiger partial charge in [-0.05, 0) is 31.2 Å². The molecule has 0 heterocycles. The maximum atomic E-state index is 12.5. The third kappa shape index (κ3) is 7.83. The molecule has 0 saturated heterocycles. The molecule has 27 heavy (non-hydrogen) atoms. The number of allylic oxidation sites excluding steroid dienone is 7. The fourth-order valence-corrected chi connectivity index (χ4v) is 2.32. The highest BCUT2D eigenvalue weighted by Gasteiger charge is 2.23. The van der Waals surface area contributed by atoms with Crippen molar-refractivity contribution >= 4 is 11.6 Å². The second-order valence-corrected chi connectivity index (χ2v) is 6.57. The van der Waals surface area contributed by atoms with Crippen LogP contribution in [0.3, 0.4) is 0 Å². The molecule has 0 aromatic heterocycles. The van der Waals surface area contributed by atoms with Crippen molar-refractivity contribution in [3.63, 3.8) is 0 Å². The first-order valence-electron chi connectivity index (χ1n) is 9.10. The molecule has 0 saturated carbocycles. The summed E-state index contributed by atoms with van der Waals surface area (Å²) in [6, 6.07) is 7.57. The number of nitrogens with one attached hydrogen (secondary N) is 1. The van der Waals surface area contributed by atoms with Crippen molar-refractivity contribution in [2.24, 2.45) is 11.8 Å². The third-order valence-electron chi connectivity index (χ3n) is 4.32. The van der Waals surface area contributed by atoms with E-state index in [1.54, 1.807) is 6.08 Å². The van der Waals surface area contributed by atoms with Crippen LogP contribution in [0.15, 0.2) is 73.0 Å². The fourth-order valence-electron chi connectivity index (χ4n) is 2.32. The van der Waals surface area contributed by atoms with Crippen LogP contribution < -0.4 is 5.32 Å². The Labute approximate surface area is 164 Å². The van der Waals surface area contributed by atoms with Gasteiger partial charge < -0.3 is 10.2 Å². The topological polar surface area (TPSA) is 32.3 Å². The summed E-state index contributed by atoms with van der Waals surface area (Å²) in [5.74, 6) is 5.92. The van der Waals surface area contributed by atoms with Gasteiger partial charge in [-0.2, -0.15) is 0 Å². The summed E-state index contributed by atoms with van der Waals surface area (Å²) in [4.78, 5) is 14.5. The highest BCUT2D eigenvalue weighted by atomic mass is 16.1. The molecule has 3 nitrogen and oxygen atoms in total. The van der Waals surface area contributed by atoms with Gasteiger partial charge in [0, 0.05) is 42.9 Å². The van der Waals surface area contributed by atoms with Gasteiger partial charge in [-0.1, -0.05) is 68.7 Å². The molecule has 0 aliphatic rings. The normalized spacial score (nSPS) is 13.4. The van der Waals surface area contributed by atoms with Crippen LogP contribution in [0, 0.1) is 23.7 Å². The largest absolute Gasteiger partial charge is 0.381 e. The molecule has 1 N–H and O–H groups in total. The van der Waals surface area contributed by atoms with Gasteiger partial charge in [-0.15, -0.1) is 0 Å². The number of rotatable bonds is 7. The highest BCUT2D eigenvalue weighted by molar-refractivity contribution is 5.92. The lowest BCUT2D eigenvalue weighted by Crippen LogP contribution is -2.30. The quantitative estimate of drug-likeness (QED) is 0.546. The van der Waals surface area contributed by atoms with Gasteiger partial charge >= 0.3 is 0 Å². The van der Waals surface area contributed by atoms with E-state index in [2.05, 4.69) is 23.7 Å². The molecule has 0 aliphatic heterocycles. The van der Waals surface area contributed by atoms with Crippen molar-refractivity contribution in [2.75, 3.05) is 19.4 Å². The molecule has 2 unspecified atom stereocenters. The van der Waals surface area contributed by atoms with Crippen molar-refractivity contribution in [3.05, 3.63) is 78.6 Å². The zero-order valence-electron chi connectivity index (χ0n) is 17.0.